The summed E-state index contributed by atoms with van der Waals surface area (Å²) in [5.74, 6) is 0.707. The zero-order valence-corrected chi connectivity index (χ0v) is 15.9. The van der Waals surface area contributed by atoms with E-state index in [1.165, 1.54) is 0 Å². The van der Waals surface area contributed by atoms with Gasteiger partial charge in [0.05, 0.1) is 5.69 Å². The van der Waals surface area contributed by atoms with Gasteiger partial charge in [0.1, 0.15) is 17.9 Å². The third kappa shape index (κ3) is 3.80. The maximum atomic E-state index is 12.2. The Morgan fingerprint density at radius 2 is 1.89 bits per heavy atom. The fraction of sp³-hybridized carbons (Fsp3) is 0.286. The van der Waals surface area contributed by atoms with Crippen molar-refractivity contribution in [2.45, 2.75) is 13.5 Å². The van der Waals surface area contributed by atoms with Crippen LogP contribution in [0.5, 0.6) is 5.75 Å². The molecule has 0 saturated carbocycles. The molecule has 2 heterocycles. The van der Waals surface area contributed by atoms with Crippen LogP contribution in [0.25, 0.3) is 11.0 Å². The first kappa shape index (κ1) is 17.9. The van der Waals surface area contributed by atoms with Crippen LogP contribution in [0, 0.1) is 6.92 Å². The Morgan fingerprint density at radius 1 is 1.15 bits per heavy atom. The van der Waals surface area contributed by atoms with Gasteiger partial charge in [-0.1, -0.05) is 23.7 Å². The van der Waals surface area contributed by atoms with Crippen molar-refractivity contribution < 1.29 is 9.15 Å². The highest BCUT2D eigenvalue weighted by Crippen LogP contribution is 2.32. The van der Waals surface area contributed by atoms with E-state index in [9.17, 15) is 4.79 Å². The third-order valence-electron chi connectivity index (χ3n) is 4.85. The van der Waals surface area contributed by atoms with Crippen molar-refractivity contribution in [3.63, 3.8) is 0 Å². The van der Waals surface area contributed by atoms with Crippen molar-refractivity contribution in [1.29, 1.82) is 0 Å². The van der Waals surface area contributed by atoms with Crippen LogP contribution in [0.2, 0.25) is 5.02 Å². The van der Waals surface area contributed by atoms with Crippen molar-refractivity contribution in [1.82, 2.24) is 5.32 Å². The molecule has 0 radical (unpaired) electrons. The van der Waals surface area contributed by atoms with Gasteiger partial charge in [-0.05, 0) is 36.8 Å². The quantitative estimate of drug-likeness (QED) is 0.694. The van der Waals surface area contributed by atoms with Crippen LogP contribution in [0.15, 0.2) is 51.7 Å². The smallest absolute Gasteiger partial charge is 0.338 e. The molecule has 0 bridgehead atoms. The summed E-state index contributed by atoms with van der Waals surface area (Å²) in [6.45, 7) is 5.89. The minimum absolute atomic E-state index is 0.339. The van der Waals surface area contributed by atoms with Gasteiger partial charge in [-0.3, -0.25) is 0 Å². The van der Waals surface area contributed by atoms with Crippen LogP contribution in [0.1, 0.15) is 11.1 Å². The van der Waals surface area contributed by atoms with Crippen LogP contribution in [0.3, 0.4) is 0 Å². The van der Waals surface area contributed by atoms with Gasteiger partial charge in [0.2, 0.25) is 0 Å². The van der Waals surface area contributed by atoms with Gasteiger partial charge >= 0.3 is 5.63 Å². The van der Waals surface area contributed by atoms with Crippen LogP contribution in [-0.4, -0.2) is 26.2 Å². The first-order valence-corrected chi connectivity index (χ1v) is 9.40. The highest BCUT2D eigenvalue weighted by Gasteiger charge is 2.18. The molecular weight excluding hydrogens is 364 g/mol. The first-order valence-electron chi connectivity index (χ1n) is 9.02. The number of hydrogen-bond donors (Lipinski definition) is 1. The van der Waals surface area contributed by atoms with E-state index < -0.39 is 0 Å². The Balaban J connectivity index is 1.66. The standard InChI is InChI=1S/C21H21ClN2O3/c1-14-19(26-13-15-2-4-16(22)5-3-15)7-6-17-18(12-20(25)27-21(14)17)24-10-8-23-9-11-24/h2-7,12,23H,8-11,13H2,1H3. The van der Waals surface area contributed by atoms with Gasteiger partial charge in [-0.2, -0.15) is 0 Å². The van der Waals surface area contributed by atoms with Crippen LogP contribution >= 0.6 is 11.6 Å². The molecule has 2 aromatic carbocycles. The van der Waals surface area contributed by atoms with E-state index in [0.717, 1.165) is 48.4 Å². The summed E-state index contributed by atoms with van der Waals surface area (Å²) in [6, 6.07) is 13.0. The lowest BCUT2D eigenvalue weighted by Crippen LogP contribution is -2.43. The SMILES string of the molecule is Cc1c(OCc2ccc(Cl)cc2)ccc2c(N3CCNCC3)cc(=O)oc12. The van der Waals surface area contributed by atoms with Crippen molar-refractivity contribution >= 4 is 28.3 Å². The summed E-state index contributed by atoms with van der Waals surface area (Å²) in [6.07, 6.45) is 0. The molecule has 140 valence electrons. The van der Waals surface area contributed by atoms with Gasteiger partial charge in [0, 0.05) is 48.2 Å². The summed E-state index contributed by atoms with van der Waals surface area (Å²) in [7, 11) is 0. The monoisotopic (exact) mass is 384 g/mol. The molecule has 1 aliphatic rings. The predicted octanol–water partition coefficient (Wildman–Crippen LogP) is 3.74. The van der Waals surface area contributed by atoms with Crippen LogP contribution in [0.4, 0.5) is 5.69 Å². The largest absolute Gasteiger partial charge is 0.488 e. The highest BCUT2D eigenvalue weighted by atomic mass is 35.5. The number of ether oxygens (including phenoxy) is 1. The highest BCUT2D eigenvalue weighted by molar-refractivity contribution is 6.30. The van der Waals surface area contributed by atoms with Gasteiger partial charge in [-0.25, -0.2) is 4.79 Å². The number of benzene rings is 2. The van der Waals surface area contributed by atoms with Gasteiger partial charge in [0.15, 0.2) is 0 Å². The molecule has 0 atom stereocenters. The number of aryl methyl sites for hydroxylation is 1. The lowest BCUT2D eigenvalue weighted by Gasteiger charge is -2.30. The molecule has 0 aliphatic carbocycles. The Morgan fingerprint density at radius 3 is 2.63 bits per heavy atom. The second kappa shape index (κ2) is 7.62. The molecule has 1 fully saturated rings. The van der Waals surface area contributed by atoms with E-state index in [0.29, 0.717) is 23.0 Å². The van der Waals surface area contributed by atoms with Crippen LogP contribution in [-0.2, 0) is 6.61 Å². The summed E-state index contributed by atoms with van der Waals surface area (Å²) in [5.41, 5.74) is 3.03. The Labute approximate surface area is 162 Å². The number of anilines is 1. The molecule has 0 spiro atoms. The normalized spacial score (nSPS) is 14.5. The number of halogens is 1. The van der Waals surface area contributed by atoms with E-state index >= 15 is 0 Å². The second-order valence-corrected chi connectivity index (χ2v) is 7.10. The average molecular weight is 385 g/mol. The maximum absolute atomic E-state index is 12.2. The molecule has 1 N–H and O–H groups in total. The van der Waals surface area contributed by atoms with E-state index in [4.69, 9.17) is 20.8 Å². The van der Waals surface area contributed by atoms with Gasteiger partial charge < -0.3 is 19.4 Å². The number of rotatable bonds is 4. The zero-order valence-electron chi connectivity index (χ0n) is 15.1. The lowest BCUT2D eigenvalue weighted by atomic mass is 10.1. The van der Waals surface area contributed by atoms with E-state index in [2.05, 4.69) is 10.2 Å². The molecule has 3 aromatic rings. The van der Waals surface area contributed by atoms with Crippen molar-refractivity contribution in [3.05, 3.63) is 69.0 Å². The Hall–Kier alpha value is -2.50. The molecule has 0 amide bonds. The molecule has 0 unspecified atom stereocenters. The van der Waals surface area contributed by atoms with E-state index in [1.807, 2.05) is 43.3 Å². The zero-order chi connectivity index (χ0) is 18.8. The van der Waals surface area contributed by atoms with Crippen LogP contribution < -0.4 is 20.6 Å². The minimum Gasteiger partial charge on any atom is -0.488 e. The molecule has 1 saturated heterocycles. The number of nitrogens with one attached hydrogen (secondary N) is 1. The number of piperazine rings is 1. The third-order valence-corrected chi connectivity index (χ3v) is 5.11. The number of nitrogens with zero attached hydrogens (tertiary/aromatic N) is 1. The predicted molar refractivity (Wildman–Crippen MR) is 108 cm³/mol. The van der Waals surface area contributed by atoms with Crippen molar-refractivity contribution in [2.24, 2.45) is 0 Å². The first-order chi connectivity index (χ1) is 13.1. The summed E-state index contributed by atoms with van der Waals surface area (Å²) in [4.78, 5) is 14.4. The van der Waals surface area contributed by atoms with Gasteiger partial charge in [-0.15, -0.1) is 0 Å². The number of hydrogen-bond acceptors (Lipinski definition) is 5. The summed E-state index contributed by atoms with van der Waals surface area (Å²) in [5, 5.41) is 4.97. The topological polar surface area (TPSA) is 54.7 Å². The van der Waals surface area contributed by atoms with E-state index in [1.54, 1.807) is 6.07 Å². The van der Waals surface area contributed by atoms with E-state index in [-0.39, 0.29) is 5.63 Å². The molecule has 1 aromatic heterocycles. The van der Waals surface area contributed by atoms with Crippen molar-refractivity contribution in [3.8, 4) is 5.75 Å². The molecular formula is C21H21ClN2O3. The Bertz CT molecular complexity index is 1010. The molecule has 1 aliphatic heterocycles. The molecule has 4 rings (SSSR count). The fourth-order valence-corrected chi connectivity index (χ4v) is 3.52. The molecule has 6 heteroatoms. The Kier molecular flexibility index (Phi) is 5.05. The van der Waals surface area contributed by atoms with Crippen molar-refractivity contribution in [2.75, 3.05) is 31.1 Å². The number of fused-ring (bicyclic) bond motifs is 1. The maximum Gasteiger partial charge on any atom is 0.338 e. The minimum atomic E-state index is -0.339. The fourth-order valence-electron chi connectivity index (χ4n) is 3.39. The van der Waals surface area contributed by atoms with Gasteiger partial charge in [0.25, 0.3) is 0 Å². The average Bonchev–Trinajstić information content (AvgIpc) is 2.69. The summed E-state index contributed by atoms with van der Waals surface area (Å²) >= 11 is 5.92. The molecule has 5 nitrogen and oxygen atoms in total. The summed E-state index contributed by atoms with van der Waals surface area (Å²) < 4.78 is 11.5. The lowest BCUT2D eigenvalue weighted by molar-refractivity contribution is 0.304. The molecule has 27 heavy (non-hydrogen) atoms. The second-order valence-electron chi connectivity index (χ2n) is 6.67.